The second-order valence-corrected chi connectivity index (χ2v) is 9.45. The van der Waals surface area contributed by atoms with Gasteiger partial charge in [-0.25, -0.2) is 8.42 Å². The number of nitrogens with one attached hydrogen (secondary N) is 1. The molecule has 0 bridgehead atoms. The fourth-order valence-electron chi connectivity index (χ4n) is 3.79. The lowest BCUT2D eigenvalue weighted by Gasteiger charge is -2.35. The Hall–Kier alpha value is -2.96. The highest BCUT2D eigenvalue weighted by Gasteiger charge is 2.39. The number of aryl methyl sites for hydroxylation is 1. The number of fused-ring (bicyclic) bond motifs is 1. The zero-order valence-corrected chi connectivity index (χ0v) is 17.6. The molecule has 0 fully saturated rings. The monoisotopic (exact) mass is 420 g/mol. The third-order valence-corrected chi connectivity index (χ3v) is 7.26. The zero-order chi connectivity index (χ0) is 21.1. The van der Waals surface area contributed by atoms with E-state index in [0.29, 0.717) is 13.0 Å². The number of carbonyl (C=O) groups is 1. The van der Waals surface area contributed by atoms with Gasteiger partial charge in [0, 0.05) is 13.1 Å². The average Bonchev–Trinajstić information content (AvgIpc) is 2.77. The van der Waals surface area contributed by atoms with Crippen LogP contribution in [-0.4, -0.2) is 24.7 Å². The molecule has 3 aromatic rings. The Balaban J connectivity index is 1.66. The Morgan fingerprint density at radius 3 is 2.40 bits per heavy atom. The summed E-state index contributed by atoms with van der Waals surface area (Å²) in [6.45, 7) is 2.39. The second-order valence-electron chi connectivity index (χ2n) is 7.56. The van der Waals surface area contributed by atoms with Crippen molar-refractivity contribution >= 4 is 15.9 Å². The summed E-state index contributed by atoms with van der Waals surface area (Å²) >= 11 is 0. The lowest BCUT2D eigenvalue weighted by molar-refractivity contribution is -0.125. The lowest BCUT2D eigenvalue weighted by atomic mass is 9.95. The predicted octanol–water partition coefficient (Wildman–Crippen LogP) is 3.43. The molecule has 6 heteroatoms. The van der Waals surface area contributed by atoms with E-state index in [1.165, 1.54) is 4.31 Å². The highest BCUT2D eigenvalue weighted by Crippen LogP contribution is 2.29. The van der Waals surface area contributed by atoms with E-state index in [0.717, 1.165) is 22.3 Å². The molecular weight excluding hydrogens is 396 g/mol. The Morgan fingerprint density at radius 1 is 0.967 bits per heavy atom. The number of hydrogen-bond donors (Lipinski definition) is 1. The van der Waals surface area contributed by atoms with E-state index in [1.54, 1.807) is 18.2 Å². The fraction of sp³-hybridized carbons (Fsp3) is 0.208. The number of benzene rings is 3. The molecule has 4 rings (SSSR count). The molecule has 3 aromatic carbocycles. The quantitative estimate of drug-likeness (QED) is 0.688. The Labute approximate surface area is 177 Å². The van der Waals surface area contributed by atoms with Crippen molar-refractivity contribution < 1.29 is 13.2 Å². The van der Waals surface area contributed by atoms with E-state index in [9.17, 15) is 13.2 Å². The average molecular weight is 421 g/mol. The summed E-state index contributed by atoms with van der Waals surface area (Å²) in [7, 11) is -3.83. The Bertz CT molecular complexity index is 1160. The summed E-state index contributed by atoms with van der Waals surface area (Å²) in [4.78, 5) is 13.3. The summed E-state index contributed by atoms with van der Waals surface area (Å²) < 4.78 is 28.3. The molecule has 30 heavy (non-hydrogen) atoms. The van der Waals surface area contributed by atoms with Gasteiger partial charge in [-0.1, -0.05) is 66.7 Å². The van der Waals surface area contributed by atoms with Gasteiger partial charge in [0.25, 0.3) is 0 Å². The van der Waals surface area contributed by atoms with Crippen molar-refractivity contribution in [1.29, 1.82) is 0 Å². The van der Waals surface area contributed by atoms with Crippen LogP contribution in [0.3, 0.4) is 0 Å². The summed E-state index contributed by atoms with van der Waals surface area (Å²) in [6.07, 6.45) is 0.349. The number of sulfonamides is 1. The maximum Gasteiger partial charge on any atom is 0.244 e. The van der Waals surface area contributed by atoms with Gasteiger partial charge in [-0.3, -0.25) is 4.79 Å². The fourth-order valence-corrected chi connectivity index (χ4v) is 5.46. The van der Waals surface area contributed by atoms with Gasteiger partial charge >= 0.3 is 0 Å². The molecule has 0 radical (unpaired) electrons. The minimum Gasteiger partial charge on any atom is -0.351 e. The second kappa shape index (κ2) is 8.42. The molecule has 0 saturated carbocycles. The molecule has 1 atom stereocenters. The summed E-state index contributed by atoms with van der Waals surface area (Å²) in [5, 5.41) is 2.92. The molecule has 1 heterocycles. The number of carbonyl (C=O) groups excluding carboxylic acids is 1. The minimum absolute atomic E-state index is 0.176. The third-order valence-electron chi connectivity index (χ3n) is 5.41. The highest BCUT2D eigenvalue weighted by atomic mass is 32.2. The van der Waals surface area contributed by atoms with Crippen molar-refractivity contribution in [1.82, 2.24) is 9.62 Å². The Kier molecular flexibility index (Phi) is 5.70. The zero-order valence-electron chi connectivity index (χ0n) is 16.8. The van der Waals surface area contributed by atoms with E-state index in [4.69, 9.17) is 0 Å². The van der Waals surface area contributed by atoms with Crippen LogP contribution >= 0.6 is 0 Å². The SMILES string of the molecule is Cc1cccc(S(=O)(=O)N2Cc3ccccc3C[C@H]2C(=O)NCc2ccccc2)c1. The lowest BCUT2D eigenvalue weighted by Crippen LogP contribution is -2.52. The van der Waals surface area contributed by atoms with Crippen LogP contribution in [0.15, 0.2) is 83.8 Å². The van der Waals surface area contributed by atoms with Crippen molar-refractivity contribution in [3.63, 3.8) is 0 Å². The molecule has 1 amide bonds. The van der Waals surface area contributed by atoms with Crippen LogP contribution in [-0.2, 0) is 34.3 Å². The van der Waals surface area contributed by atoms with Crippen molar-refractivity contribution in [2.24, 2.45) is 0 Å². The molecular formula is C24H24N2O3S. The summed E-state index contributed by atoms with van der Waals surface area (Å²) in [5.74, 6) is -0.287. The first-order valence-corrected chi connectivity index (χ1v) is 11.4. The van der Waals surface area contributed by atoms with E-state index in [2.05, 4.69) is 5.32 Å². The molecule has 1 N–H and O–H groups in total. The maximum absolute atomic E-state index is 13.5. The van der Waals surface area contributed by atoms with Gasteiger partial charge in [-0.2, -0.15) is 4.31 Å². The van der Waals surface area contributed by atoms with Crippen LogP contribution in [0.4, 0.5) is 0 Å². The van der Waals surface area contributed by atoms with Crippen LogP contribution in [0.1, 0.15) is 22.3 Å². The molecule has 1 aliphatic heterocycles. The number of amides is 1. The van der Waals surface area contributed by atoms with Gasteiger partial charge in [0.2, 0.25) is 15.9 Å². The molecule has 1 aliphatic rings. The highest BCUT2D eigenvalue weighted by molar-refractivity contribution is 7.89. The maximum atomic E-state index is 13.5. The molecule has 0 spiro atoms. The first-order valence-electron chi connectivity index (χ1n) is 9.92. The van der Waals surface area contributed by atoms with Gasteiger partial charge in [-0.05, 0) is 47.7 Å². The number of nitrogens with zero attached hydrogens (tertiary/aromatic N) is 1. The number of rotatable bonds is 5. The van der Waals surface area contributed by atoms with Gasteiger partial charge in [-0.15, -0.1) is 0 Å². The molecule has 5 nitrogen and oxygen atoms in total. The van der Waals surface area contributed by atoms with Crippen LogP contribution in [0.5, 0.6) is 0 Å². The van der Waals surface area contributed by atoms with Gasteiger partial charge in [0.1, 0.15) is 6.04 Å². The molecule has 0 aliphatic carbocycles. The Morgan fingerprint density at radius 2 is 1.67 bits per heavy atom. The summed E-state index contributed by atoms with van der Waals surface area (Å²) in [6, 6.07) is 23.3. The van der Waals surface area contributed by atoms with Gasteiger partial charge in [0.05, 0.1) is 4.90 Å². The van der Waals surface area contributed by atoms with Crippen LogP contribution < -0.4 is 5.32 Å². The van der Waals surface area contributed by atoms with Crippen molar-refractivity contribution in [2.75, 3.05) is 0 Å². The standard InChI is InChI=1S/C24H24N2O3S/c1-18-8-7-13-22(14-18)30(28,29)26-17-21-12-6-5-11-20(21)15-23(26)24(27)25-16-19-9-3-2-4-10-19/h2-14,23H,15-17H2,1H3,(H,25,27)/t23-/m0/s1. The van der Waals surface area contributed by atoms with Crippen LogP contribution in [0, 0.1) is 6.92 Å². The number of hydrogen-bond acceptors (Lipinski definition) is 3. The topological polar surface area (TPSA) is 66.5 Å². The van der Waals surface area contributed by atoms with Crippen molar-refractivity contribution in [3.8, 4) is 0 Å². The van der Waals surface area contributed by atoms with Crippen LogP contribution in [0.25, 0.3) is 0 Å². The first-order chi connectivity index (χ1) is 14.4. The molecule has 154 valence electrons. The molecule has 0 aromatic heterocycles. The third kappa shape index (κ3) is 4.15. The predicted molar refractivity (Wildman–Crippen MR) is 116 cm³/mol. The van der Waals surface area contributed by atoms with E-state index in [1.807, 2.05) is 67.6 Å². The molecule has 0 saturated heterocycles. The molecule has 0 unspecified atom stereocenters. The van der Waals surface area contributed by atoms with Crippen molar-refractivity contribution in [3.05, 3.63) is 101 Å². The normalized spacial score (nSPS) is 16.6. The van der Waals surface area contributed by atoms with Gasteiger partial charge < -0.3 is 5.32 Å². The van der Waals surface area contributed by atoms with Crippen molar-refractivity contribution in [2.45, 2.75) is 37.4 Å². The van der Waals surface area contributed by atoms with Crippen LogP contribution in [0.2, 0.25) is 0 Å². The summed E-state index contributed by atoms with van der Waals surface area (Å²) in [5.41, 5.74) is 3.77. The van der Waals surface area contributed by atoms with E-state index >= 15 is 0 Å². The van der Waals surface area contributed by atoms with E-state index in [-0.39, 0.29) is 17.3 Å². The smallest absolute Gasteiger partial charge is 0.244 e. The largest absolute Gasteiger partial charge is 0.351 e. The first kappa shape index (κ1) is 20.3. The van der Waals surface area contributed by atoms with E-state index < -0.39 is 16.1 Å². The minimum atomic E-state index is -3.83. The van der Waals surface area contributed by atoms with Gasteiger partial charge in [0.15, 0.2) is 0 Å².